The van der Waals surface area contributed by atoms with Crippen LogP contribution >= 0.6 is 0 Å². The van der Waals surface area contributed by atoms with Gasteiger partial charge in [-0.2, -0.15) is 0 Å². The van der Waals surface area contributed by atoms with E-state index in [9.17, 15) is 9.50 Å². The molecule has 0 fully saturated rings. The van der Waals surface area contributed by atoms with Gasteiger partial charge in [-0.15, -0.1) is 0 Å². The fourth-order valence-corrected chi connectivity index (χ4v) is 2.51. The van der Waals surface area contributed by atoms with Crippen molar-refractivity contribution in [3.63, 3.8) is 0 Å². The maximum Gasteiger partial charge on any atom is 0.123 e. The molecule has 2 aromatic carbocycles. The minimum absolute atomic E-state index is 0.177. The first-order valence-electron chi connectivity index (χ1n) is 7.32. The van der Waals surface area contributed by atoms with E-state index in [0.717, 1.165) is 24.1 Å². The van der Waals surface area contributed by atoms with Gasteiger partial charge in [-0.25, -0.2) is 4.39 Å². The van der Waals surface area contributed by atoms with E-state index in [4.69, 9.17) is 0 Å². The second-order valence-corrected chi connectivity index (χ2v) is 5.32. The van der Waals surface area contributed by atoms with E-state index >= 15 is 0 Å². The molecule has 2 N–H and O–H groups in total. The van der Waals surface area contributed by atoms with Crippen molar-refractivity contribution in [3.05, 3.63) is 71.0 Å². The Morgan fingerprint density at radius 1 is 1.14 bits per heavy atom. The van der Waals surface area contributed by atoms with Crippen molar-refractivity contribution in [2.45, 2.75) is 25.8 Å². The number of hydrogen-bond donors (Lipinski definition) is 2. The Kier molecular flexibility index (Phi) is 5.90. The molecule has 0 saturated carbocycles. The van der Waals surface area contributed by atoms with Crippen molar-refractivity contribution in [2.75, 3.05) is 13.2 Å². The van der Waals surface area contributed by atoms with Crippen LogP contribution in [0.15, 0.2) is 48.5 Å². The second-order valence-electron chi connectivity index (χ2n) is 5.32. The average molecular weight is 287 g/mol. The first-order valence-corrected chi connectivity index (χ1v) is 7.32. The van der Waals surface area contributed by atoms with Crippen LogP contribution in [0.2, 0.25) is 0 Å². The molecular formula is C18H22FNO. The summed E-state index contributed by atoms with van der Waals surface area (Å²) in [4.78, 5) is 0. The van der Waals surface area contributed by atoms with Crippen LogP contribution in [-0.2, 0) is 6.54 Å². The Bertz CT molecular complexity index is 556. The third kappa shape index (κ3) is 4.66. The summed E-state index contributed by atoms with van der Waals surface area (Å²) in [5.41, 5.74) is 3.29. The first kappa shape index (κ1) is 15.7. The van der Waals surface area contributed by atoms with Crippen molar-refractivity contribution >= 4 is 0 Å². The highest BCUT2D eigenvalue weighted by Crippen LogP contribution is 2.18. The monoisotopic (exact) mass is 287 g/mol. The van der Waals surface area contributed by atoms with Crippen LogP contribution in [0.5, 0.6) is 0 Å². The van der Waals surface area contributed by atoms with Crippen LogP contribution in [0, 0.1) is 12.7 Å². The molecule has 0 aliphatic heterocycles. The highest BCUT2D eigenvalue weighted by Gasteiger charge is 2.10. The first-order chi connectivity index (χ1) is 10.2. The van der Waals surface area contributed by atoms with Gasteiger partial charge >= 0.3 is 0 Å². The molecule has 21 heavy (non-hydrogen) atoms. The summed E-state index contributed by atoms with van der Waals surface area (Å²) in [5, 5.41) is 12.6. The Balaban J connectivity index is 1.93. The number of aliphatic hydroxyl groups excluding tert-OH is 1. The Labute approximate surface area is 125 Å². The number of rotatable bonds is 7. The fourth-order valence-electron chi connectivity index (χ4n) is 2.51. The van der Waals surface area contributed by atoms with Crippen molar-refractivity contribution in [1.29, 1.82) is 0 Å². The smallest absolute Gasteiger partial charge is 0.123 e. The summed E-state index contributed by atoms with van der Waals surface area (Å²) in [5.74, 6) is 0.0932. The largest absolute Gasteiger partial charge is 0.396 e. The number of aliphatic hydroxyl groups is 1. The number of hydrogen-bond acceptors (Lipinski definition) is 2. The van der Waals surface area contributed by atoms with Gasteiger partial charge in [-0.05, 0) is 48.1 Å². The molecule has 0 aliphatic carbocycles. The lowest BCUT2D eigenvalue weighted by Gasteiger charge is -2.17. The van der Waals surface area contributed by atoms with Crippen molar-refractivity contribution in [1.82, 2.24) is 5.32 Å². The van der Waals surface area contributed by atoms with Crippen molar-refractivity contribution < 1.29 is 9.50 Å². The average Bonchev–Trinajstić information content (AvgIpc) is 2.49. The van der Waals surface area contributed by atoms with E-state index in [1.54, 1.807) is 6.07 Å². The standard InChI is InChI=1S/C18H22FNO/c1-14-11-18(19)8-7-16(14)12-20-13-17(9-10-21)15-5-3-2-4-6-15/h2-8,11,17,20-21H,9-10,12-13H2,1H3. The van der Waals surface area contributed by atoms with Crippen molar-refractivity contribution in [2.24, 2.45) is 0 Å². The Hall–Kier alpha value is -1.71. The molecule has 112 valence electrons. The molecule has 0 radical (unpaired) electrons. The topological polar surface area (TPSA) is 32.3 Å². The van der Waals surface area contributed by atoms with Gasteiger partial charge < -0.3 is 10.4 Å². The predicted molar refractivity (Wildman–Crippen MR) is 83.7 cm³/mol. The number of nitrogens with one attached hydrogen (secondary N) is 1. The van der Waals surface area contributed by atoms with Crippen LogP contribution in [0.1, 0.15) is 29.0 Å². The van der Waals surface area contributed by atoms with Gasteiger partial charge in [-0.3, -0.25) is 0 Å². The van der Waals surface area contributed by atoms with Gasteiger partial charge in [0.2, 0.25) is 0 Å². The maximum absolute atomic E-state index is 13.1. The number of halogens is 1. The molecule has 0 aliphatic rings. The maximum atomic E-state index is 13.1. The van der Waals surface area contributed by atoms with Gasteiger partial charge in [-0.1, -0.05) is 36.4 Å². The zero-order valence-electron chi connectivity index (χ0n) is 12.3. The normalized spacial score (nSPS) is 12.3. The highest BCUT2D eigenvalue weighted by atomic mass is 19.1. The van der Waals surface area contributed by atoms with E-state index in [-0.39, 0.29) is 18.3 Å². The molecule has 0 saturated heterocycles. The van der Waals surface area contributed by atoms with Gasteiger partial charge in [0, 0.05) is 19.7 Å². The minimum atomic E-state index is -0.196. The molecule has 2 aromatic rings. The van der Waals surface area contributed by atoms with E-state index in [1.807, 2.05) is 31.2 Å². The van der Waals surface area contributed by atoms with E-state index in [2.05, 4.69) is 17.4 Å². The molecule has 0 bridgehead atoms. The predicted octanol–water partition coefficient (Wildman–Crippen LogP) is 3.39. The van der Waals surface area contributed by atoms with Gasteiger partial charge in [0.25, 0.3) is 0 Å². The van der Waals surface area contributed by atoms with Crippen LogP contribution < -0.4 is 5.32 Å². The fraction of sp³-hybridized carbons (Fsp3) is 0.333. The molecule has 2 rings (SSSR count). The van der Waals surface area contributed by atoms with E-state index in [1.165, 1.54) is 11.6 Å². The summed E-state index contributed by atoms with van der Waals surface area (Å²) < 4.78 is 13.1. The van der Waals surface area contributed by atoms with E-state index in [0.29, 0.717) is 6.54 Å². The van der Waals surface area contributed by atoms with Crippen molar-refractivity contribution in [3.8, 4) is 0 Å². The molecule has 1 atom stereocenters. The molecule has 0 spiro atoms. The summed E-state index contributed by atoms with van der Waals surface area (Å²) in [7, 11) is 0. The molecule has 2 nitrogen and oxygen atoms in total. The number of aryl methyl sites for hydroxylation is 1. The van der Waals surface area contributed by atoms with Gasteiger partial charge in [0.05, 0.1) is 0 Å². The Morgan fingerprint density at radius 2 is 1.90 bits per heavy atom. The quantitative estimate of drug-likeness (QED) is 0.818. The molecule has 0 aromatic heterocycles. The molecule has 1 unspecified atom stereocenters. The van der Waals surface area contributed by atoms with Crippen LogP contribution in [-0.4, -0.2) is 18.3 Å². The lowest BCUT2D eigenvalue weighted by Crippen LogP contribution is -2.22. The summed E-state index contributed by atoms with van der Waals surface area (Å²) in [6, 6.07) is 15.1. The SMILES string of the molecule is Cc1cc(F)ccc1CNCC(CCO)c1ccccc1. The van der Waals surface area contributed by atoms with Crippen LogP contribution in [0.3, 0.4) is 0 Å². The number of benzene rings is 2. The summed E-state index contributed by atoms with van der Waals surface area (Å²) in [6.45, 7) is 3.60. The zero-order chi connectivity index (χ0) is 15.1. The second kappa shape index (κ2) is 7.91. The van der Waals surface area contributed by atoms with Crippen LogP contribution in [0.4, 0.5) is 4.39 Å². The van der Waals surface area contributed by atoms with Gasteiger partial charge in [0.1, 0.15) is 5.82 Å². The lowest BCUT2D eigenvalue weighted by molar-refractivity contribution is 0.273. The molecule has 3 heteroatoms. The summed E-state index contributed by atoms with van der Waals surface area (Å²) >= 11 is 0. The van der Waals surface area contributed by atoms with Gasteiger partial charge in [0.15, 0.2) is 0 Å². The minimum Gasteiger partial charge on any atom is -0.396 e. The molecular weight excluding hydrogens is 265 g/mol. The lowest BCUT2D eigenvalue weighted by atomic mass is 9.96. The third-order valence-electron chi connectivity index (χ3n) is 3.76. The van der Waals surface area contributed by atoms with Crippen LogP contribution in [0.25, 0.3) is 0 Å². The highest BCUT2D eigenvalue weighted by molar-refractivity contribution is 5.26. The summed E-state index contributed by atoms with van der Waals surface area (Å²) in [6.07, 6.45) is 0.736. The third-order valence-corrected chi connectivity index (χ3v) is 3.76. The Morgan fingerprint density at radius 3 is 2.57 bits per heavy atom. The molecule has 0 amide bonds. The zero-order valence-corrected chi connectivity index (χ0v) is 12.3. The van der Waals surface area contributed by atoms with E-state index < -0.39 is 0 Å². The molecule has 0 heterocycles.